The molecule has 120 valence electrons. The van der Waals surface area contributed by atoms with E-state index in [2.05, 4.69) is 11.6 Å². The van der Waals surface area contributed by atoms with Crippen LogP contribution in [0.5, 0.6) is 0 Å². The minimum Gasteiger partial charge on any atom is -0.353 e. The van der Waals surface area contributed by atoms with Crippen molar-refractivity contribution in [2.45, 2.75) is 24.2 Å². The lowest BCUT2D eigenvalue weighted by Gasteiger charge is -2.29. The van der Waals surface area contributed by atoms with Crippen LogP contribution in [0.1, 0.15) is 11.3 Å². The standard InChI is InChI=1S/C13H8ClF6NO/c1-6-2-3-8-7(4-6)9(22)5-10(21-8)11(15,16)12(17,18)13(14,19)20/h2-5H,1H3,(H,21,22). The van der Waals surface area contributed by atoms with Crippen LogP contribution in [0.25, 0.3) is 10.9 Å². The van der Waals surface area contributed by atoms with Crippen molar-refractivity contribution >= 4 is 22.5 Å². The number of aromatic amines is 1. The van der Waals surface area contributed by atoms with Gasteiger partial charge in [-0.1, -0.05) is 11.6 Å². The summed E-state index contributed by atoms with van der Waals surface area (Å²) < 4.78 is 79.1. The average molecular weight is 344 g/mol. The summed E-state index contributed by atoms with van der Waals surface area (Å²) >= 11 is 4.08. The summed E-state index contributed by atoms with van der Waals surface area (Å²) in [7, 11) is 0. The molecule has 1 heterocycles. The zero-order chi connectivity index (χ0) is 16.9. The highest BCUT2D eigenvalue weighted by Gasteiger charge is 2.72. The molecule has 0 radical (unpaired) electrons. The first-order chi connectivity index (χ1) is 9.88. The number of halogens is 7. The number of nitrogens with one attached hydrogen (secondary N) is 1. The van der Waals surface area contributed by atoms with E-state index in [-0.39, 0.29) is 17.0 Å². The van der Waals surface area contributed by atoms with Gasteiger partial charge in [-0.15, -0.1) is 0 Å². The molecule has 0 unspecified atom stereocenters. The maximum absolute atomic E-state index is 13.7. The molecule has 0 atom stereocenters. The quantitative estimate of drug-likeness (QED) is 0.650. The van der Waals surface area contributed by atoms with Crippen molar-refractivity contribution in [2.24, 2.45) is 0 Å². The zero-order valence-electron chi connectivity index (χ0n) is 10.9. The van der Waals surface area contributed by atoms with Gasteiger partial charge in [0.25, 0.3) is 0 Å². The van der Waals surface area contributed by atoms with E-state index >= 15 is 0 Å². The molecule has 1 aromatic carbocycles. The third-order valence-corrected chi connectivity index (χ3v) is 3.31. The molecular formula is C13H8ClF6NO. The Morgan fingerprint density at radius 3 is 2.18 bits per heavy atom. The molecular weight excluding hydrogens is 336 g/mol. The van der Waals surface area contributed by atoms with E-state index in [1.807, 2.05) is 4.98 Å². The average Bonchev–Trinajstić information content (AvgIpc) is 2.37. The molecule has 2 aromatic rings. The Bertz CT molecular complexity index is 780. The molecule has 0 fully saturated rings. The lowest BCUT2D eigenvalue weighted by atomic mass is 10.1. The predicted molar refractivity (Wildman–Crippen MR) is 68.9 cm³/mol. The van der Waals surface area contributed by atoms with Crippen molar-refractivity contribution in [3.63, 3.8) is 0 Å². The van der Waals surface area contributed by atoms with E-state index in [0.29, 0.717) is 5.56 Å². The molecule has 9 heteroatoms. The predicted octanol–water partition coefficient (Wildman–Crippen LogP) is 4.40. The molecule has 0 saturated carbocycles. The number of H-pyrrole nitrogens is 1. The Balaban J connectivity index is 2.69. The molecule has 0 aliphatic heterocycles. The first-order valence-electron chi connectivity index (χ1n) is 5.84. The Labute approximate surface area is 124 Å². The SMILES string of the molecule is Cc1ccc2[nH]c(C(F)(F)C(F)(F)C(F)(F)Cl)cc(=O)c2c1. The topological polar surface area (TPSA) is 32.9 Å². The Hall–Kier alpha value is -1.70. The van der Waals surface area contributed by atoms with Crippen molar-refractivity contribution in [3.05, 3.63) is 45.7 Å². The molecule has 1 N–H and O–H groups in total. The highest BCUT2D eigenvalue weighted by molar-refractivity contribution is 6.22. The van der Waals surface area contributed by atoms with Gasteiger partial charge < -0.3 is 4.98 Å². The van der Waals surface area contributed by atoms with Crippen molar-refractivity contribution in [1.29, 1.82) is 0 Å². The van der Waals surface area contributed by atoms with E-state index in [0.717, 1.165) is 0 Å². The fourth-order valence-electron chi connectivity index (χ4n) is 1.88. The third kappa shape index (κ3) is 2.45. The van der Waals surface area contributed by atoms with Gasteiger partial charge in [-0.2, -0.15) is 26.3 Å². The number of aromatic nitrogens is 1. The van der Waals surface area contributed by atoms with E-state index in [1.54, 1.807) is 6.92 Å². The highest BCUT2D eigenvalue weighted by atomic mass is 35.5. The fourth-order valence-corrected chi connectivity index (χ4v) is 2.00. The monoisotopic (exact) mass is 343 g/mol. The maximum atomic E-state index is 13.7. The normalized spacial score (nSPS) is 13.6. The first kappa shape index (κ1) is 16.7. The lowest BCUT2D eigenvalue weighted by Crippen LogP contribution is -2.50. The summed E-state index contributed by atoms with van der Waals surface area (Å²) in [5.74, 6) is -11.3. The third-order valence-electron chi connectivity index (χ3n) is 3.07. The van der Waals surface area contributed by atoms with E-state index in [1.165, 1.54) is 18.2 Å². The second kappa shape index (κ2) is 4.91. The number of hydrogen-bond donors (Lipinski definition) is 1. The van der Waals surface area contributed by atoms with Crippen molar-refractivity contribution in [2.75, 3.05) is 0 Å². The number of benzene rings is 1. The van der Waals surface area contributed by atoms with Crippen LogP contribution in [0.2, 0.25) is 0 Å². The summed E-state index contributed by atoms with van der Waals surface area (Å²) in [6.07, 6.45) is 0. The molecule has 0 amide bonds. The highest BCUT2D eigenvalue weighted by Crippen LogP contribution is 2.52. The molecule has 0 spiro atoms. The van der Waals surface area contributed by atoms with Crippen molar-refractivity contribution < 1.29 is 26.3 Å². The van der Waals surface area contributed by atoms with Crippen LogP contribution in [0, 0.1) is 6.92 Å². The zero-order valence-corrected chi connectivity index (χ0v) is 11.6. The van der Waals surface area contributed by atoms with Gasteiger partial charge in [0.15, 0.2) is 5.43 Å². The minimum atomic E-state index is -5.89. The maximum Gasteiger partial charge on any atom is 0.392 e. The summed E-state index contributed by atoms with van der Waals surface area (Å²) in [5, 5.41) is -5.52. The summed E-state index contributed by atoms with van der Waals surface area (Å²) in [6, 6.07) is 4.17. The van der Waals surface area contributed by atoms with Gasteiger partial charge in [0, 0.05) is 17.0 Å². The Morgan fingerprint density at radius 1 is 1.05 bits per heavy atom. The van der Waals surface area contributed by atoms with Crippen molar-refractivity contribution in [1.82, 2.24) is 4.98 Å². The van der Waals surface area contributed by atoms with Crippen LogP contribution in [-0.4, -0.2) is 16.3 Å². The van der Waals surface area contributed by atoms with Gasteiger partial charge in [0.05, 0.1) is 5.69 Å². The molecule has 2 rings (SSSR count). The van der Waals surface area contributed by atoms with Gasteiger partial charge in [-0.25, -0.2) is 0 Å². The number of fused-ring (bicyclic) bond motifs is 1. The largest absolute Gasteiger partial charge is 0.392 e. The lowest BCUT2D eigenvalue weighted by molar-refractivity contribution is -0.287. The molecule has 0 saturated heterocycles. The summed E-state index contributed by atoms with van der Waals surface area (Å²) in [5.41, 5.74) is -2.18. The number of pyridine rings is 1. The molecule has 0 aliphatic rings. The van der Waals surface area contributed by atoms with Crippen molar-refractivity contribution in [3.8, 4) is 0 Å². The van der Waals surface area contributed by atoms with Crippen LogP contribution in [-0.2, 0) is 5.92 Å². The van der Waals surface area contributed by atoms with E-state index < -0.39 is 28.3 Å². The molecule has 1 aromatic heterocycles. The van der Waals surface area contributed by atoms with Crippen LogP contribution in [0.3, 0.4) is 0 Å². The number of aryl methyl sites for hydroxylation is 1. The fraction of sp³-hybridized carbons (Fsp3) is 0.308. The first-order valence-corrected chi connectivity index (χ1v) is 6.22. The van der Waals surface area contributed by atoms with Gasteiger partial charge in [-0.3, -0.25) is 4.79 Å². The number of rotatable bonds is 3. The van der Waals surface area contributed by atoms with Crippen LogP contribution in [0.15, 0.2) is 29.1 Å². The summed E-state index contributed by atoms with van der Waals surface area (Å²) in [4.78, 5) is 13.6. The van der Waals surface area contributed by atoms with Crippen LogP contribution < -0.4 is 5.43 Å². The van der Waals surface area contributed by atoms with Gasteiger partial charge in [0.2, 0.25) is 0 Å². The second-order valence-corrected chi connectivity index (χ2v) is 5.22. The number of alkyl halides is 7. The van der Waals surface area contributed by atoms with E-state index in [9.17, 15) is 31.1 Å². The number of hydrogen-bond acceptors (Lipinski definition) is 1. The van der Waals surface area contributed by atoms with Gasteiger partial charge in [0.1, 0.15) is 0 Å². The van der Waals surface area contributed by atoms with Gasteiger partial charge >= 0.3 is 17.2 Å². The second-order valence-electron chi connectivity index (χ2n) is 4.74. The molecule has 0 aliphatic carbocycles. The molecule has 0 bridgehead atoms. The Morgan fingerprint density at radius 2 is 1.64 bits per heavy atom. The molecule has 2 nitrogen and oxygen atoms in total. The Kier molecular flexibility index (Phi) is 3.72. The smallest absolute Gasteiger partial charge is 0.353 e. The molecule has 22 heavy (non-hydrogen) atoms. The minimum absolute atomic E-state index is 0.0273. The van der Waals surface area contributed by atoms with E-state index in [4.69, 9.17) is 0 Å². The van der Waals surface area contributed by atoms with Crippen LogP contribution >= 0.6 is 11.6 Å². The van der Waals surface area contributed by atoms with Crippen LogP contribution in [0.4, 0.5) is 26.3 Å². The van der Waals surface area contributed by atoms with Gasteiger partial charge in [-0.05, 0) is 30.7 Å². The summed E-state index contributed by atoms with van der Waals surface area (Å²) in [6.45, 7) is 1.63.